The van der Waals surface area contributed by atoms with Gasteiger partial charge in [-0.25, -0.2) is 0 Å². The molecule has 0 rings (SSSR count). The van der Waals surface area contributed by atoms with E-state index in [0.29, 0.717) is 13.2 Å². The number of nitrogens with zero attached hydrogens (tertiary/aromatic N) is 1. The fourth-order valence-electron chi connectivity index (χ4n) is 1.69. The van der Waals surface area contributed by atoms with Crippen molar-refractivity contribution in [2.75, 3.05) is 27.2 Å². The van der Waals surface area contributed by atoms with Gasteiger partial charge < -0.3 is 10.5 Å². The second-order valence-corrected chi connectivity index (χ2v) is 4.64. The number of hydrogen-bond donors (Lipinski definition) is 1. The largest absolute Gasteiger partial charge is 0.465 e. The number of esters is 1. The van der Waals surface area contributed by atoms with Crippen LogP contribution < -0.4 is 5.73 Å². The maximum atomic E-state index is 11.8. The number of carbonyl (C=O) groups excluding carboxylic acids is 1. The van der Waals surface area contributed by atoms with E-state index in [0.717, 1.165) is 38.5 Å². The van der Waals surface area contributed by atoms with Crippen molar-refractivity contribution in [1.29, 1.82) is 0 Å². The average molecular weight is 244 g/mol. The van der Waals surface area contributed by atoms with E-state index in [9.17, 15) is 4.79 Å². The van der Waals surface area contributed by atoms with E-state index in [1.807, 2.05) is 19.0 Å². The molecule has 0 spiro atoms. The molecule has 2 N–H and O–H groups in total. The minimum Gasteiger partial charge on any atom is -0.465 e. The van der Waals surface area contributed by atoms with Crippen molar-refractivity contribution in [3.8, 4) is 0 Å². The van der Waals surface area contributed by atoms with Crippen molar-refractivity contribution < 1.29 is 9.53 Å². The highest BCUT2D eigenvalue weighted by atomic mass is 16.5. The van der Waals surface area contributed by atoms with Crippen molar-refractivity contribution in [3.63, 3.8) is 0 Å². The molecule has 0 aromatic carbocycles. The van der Waals surface area contributed by atoms with Gasteiger partial charge in [0.2, 0.25) is 0 Å². The second kappa shape index (κ2) is 10.5. The van der Waals surface area contributed by atoms with Crippen LogP contribution in [-0.4, -0.2) is 44.2 Å². The Hall–Kier alpha value is -0.610. The smallest absolute Gasteiger partial charge is 0.323 e. The number of unbranched alkanes of at least 4 members (excludes halogenated alkanes) is 3. The van der Waals surface area contributed by atoms with Gasteiger partial charge in [0.25, 0.3) is 0 Å². The van der Waals surface area contributed by atoms with Crippen LogP contribution >= 0.6 is 0 Å². The molecule has 0 radical (unpaired) electrons. The molecule has 0 bridgehead atoms. The number of ether oxygens (including phenoxy) is 1. The lowest BCUT2D eigenvalue weighted by atomic mass is 10.1. The van der Waals surface area contributed by atoms with Crippen molar-refractivity contribution in [2.24, 2.45) is 5.73 Å². The summed E-state index contributed by atoms with van der Waals surface area (Å²) in [6, 6.07) is -0.122. The minimum atomic E-state index is -0.122. The molecular formula is C13H28N2O2. The zero-order valence-electron chi connectivity index (χ0n) is 11.6. The van der Waals surface area contributed by atoms with E-state index in [1.54, 1.807) is 0 Å². The Bertz CT molecular complexity index is 196. The van der Waals surface area contributed by atoms with Gasteiger partial charge in [-0.3, -0.25) is 9.69 Å². The maximum absolute atomic E-state index is 11.8. The summed E-state index contributed by atoms with van der Waals surface area (Å²) in [6.07, 6.45) is 6.00. The first-order valence-electron chi connectivity index (χ1n) is 6.66. The Balaban J connectivity index is 3.89. The molecule has 4 nitrogen and oxygen atoms in total. The van der Waals surface area contributed by atoms with Gasteiger partial charge in [0, 0.05) is 0 Å². The van der Waals surface area contributed by atoms with Gasteiger partial charge in [-0.2, -0.15) is 0 Å². The monoisotopic (exact) mass is 244 g/mol. The van der Waals surface area contributed by atoms with Gasteiger partial charge in [0.15, 0.2) is 0 Å². The lowest BCUT2D eigenvalue weighted by molar-refractivity contribution is -0.149. The maximum Gasteiger partial charge on any atom is 0.323 e. The van der Waals surface area contributed by atoms with Gasteiger partial charge in [0.05, 0.1) is 6.61 Å². The molecule has 1 atom stereocenters. The van der Waals surface area contributed by atoms with Crippen LogP contribution in [-0.2, 0) is 9.53 Å². The highest BCUT2D eigenvalue weighted by Gasteiger charge is 2.21. The van der Waals surface area contributed by atoms with Gasteiger partial charge in [-0.1, -0.05) is 26.2 Å². The molecule has 17 heavy (non-hydrogen) atoms. The summed E-state index contributed by atoms with van der Waals surface area (Å²) in [5.41, 5.74) is 5.45. The summed E-state index contributed by atoms with van der Waals surface area (Å²) in [7, 11) is 3.83. The zero-order valence-corrected chi connectivity index (χ0v) is 11.6. The molecule has 4 heteroatoms. The number of carbonyl (C=O) groups is 1. The van der Waals surface area contributed by atoms with Crippen LogP contribution in [0.3, 0.4) is 0 Å². The van der Waals surface area contributed by atoms with Gasteiger partial charge in [-0.05, 0) is 39.9 Å². The van der Waals surface area contributed by atoms with Crippen LogP contribution in [0.25, 0.3) is 0 Å². The zero-order chi connectivity index (χ0) is 13.1. The van der Waals surface area contributed by atoms with E-state index in [4.69, 9.17) is 10.5 Å². The topological polar surface area (TPSA) is 55.6 Å². The van der Waals surface area contributed by atoms with Gasteiger partial charge in [0.1, 0.15) is 6.04 Å². The molecule has 0 aromatic heterocycles. The molecule has 102 valence electrons. The molecule has 0 aliphatic carbocycles. The third-order valence-electron chi connectivity index (χ3n) is 2.82. The molecule has 0 saturated carbocycles. The van der Waals surface area contributed by atoms with Crippen molar-refractivity contribution >= 4 is 5.97 Å². The fourth-order valence-corrected chi connectivity index (χ4v) is 1.69. The number of likely N-dealkylation sites (N-methyl/N-ethyl adjacent to an activating group) is 1. The van der Waals surface area contributed by atoms with Gasteiger partial charge >= 0.3 is 5.97 Å². The highest BCUT2D eigenvalue weighted by Crippen LogP contribution is 2.08. The van der Waals surface area contributed by atoms with Gasteiger partial charge in [-0.15, -0.1) is 0 Å². The van der Waals surface area contributed by atoms with Crippen LogP contribution in [0, 0.1) is 0 Å². The summed E-state index contributed by atoms with van der Waals surface area (Å²) in [4.78, 5) is 13.8. The Morgan fingerprint density at radius 1 is 1.24 bits per heavy atom. The lowest BCUT2D eigenvalue weighted by Crippen LogP contribution is -2.37. The number of nitrogens with two attached hydrogens (primary N) is 1. The van der Waals surface area contributed by atoms with E-state index in [-0.39, 0.29) is 12.0 Å². The van der Waals surface area contributed by atoms with Crippen molar-refractivity contribution in [2.45, 2.75) is 51.5 Å². The van der Waals surface area contributed by atoms with E-state index >= 15 is 0 Å². The fraction of sp³-hybridized carbons (Fsp3) is 0.923. The molecule has 0 aliphatic rings. The minimum absolute atomic E-state index is 0.0943. The standard InChI is InChI=1S/C13H28N2O2/c1-4-5-8-11-17-13(16)12(15(2)3)9-6-7-10-14/h12H,4-11,14H2,1-3H3/t12-/m0/s1. The summed E-state index contributed by atoms with van der Waals surface area (Å²) in [5, 5.41) is 0. The van der Waals surface area contributed by atoms with Crippen LogP contribution in [0.2, 0.25) is 0 Å². The Morgan fingerprint density at radius 2 is 1.94 bits per heavy atom. The summed E-state index contributed by atoms with van der Waals surface area (Å²) < 4.78 is 5.29. The van der Waals surface area contributed by atoms with E-state index in [1.165, 1.54) is 0 Å². The Kier molecular flexibility index (Phi) is 10.2. The SMILES string of the molecule is CCCCCOC(=O)[C@H](CCCCN)N(C)C. The molecule has 0 unspecified atom stereocenters. The first kappa shape index (κ1) is 16.4. The highest BCUT2D eigenvalue weighted by molar-refractivity contribution is 5.75. The summed E-state index contributed by atoms with van der Waals surface area (Å²) >= 11 is 0. The van der Waals surface area contributed by atoms with Crippen LogP contribution in [0.5, 0.6) is 0 Å². The molecule has 0 aromatic rings. The quantitative estimate of drug-likeness (QED) is 0.470. The second-order valence-electron chi connectivity index (χ2n) is 4.64. The molecule has 0 fully saturated rings. The molecular weight excluding hydrogens is 216 g/mol. The first-order chi connectivity index (χ1) is 8.13. The number of hydrogen-bond acceptors (Lipinski definition) is 4. The third-order valence-corrected chi connectivity index (χ3v) is 2.82. The van der Waals surface area contributed by atoms with E-state index in [2.05, 4.69) is 6.92 Å². The third kappa shape index (κ3) is 8.16. The summed E-state index contributed by atoms with van der Waals surface area (Å²) in [6.45, 7) is 3.37. The molecule has 0 saturated heterocycles. The number of rotatable bonds is 10. The summed E-state index contributed by atoms with van der Waals surface area (Å²) in [5.74, 6) is -0.0943. The van der Waals surface area contributed by atoms with Crippen LogP contribution in [0.15, 0.2) is 0 Å². The van der Waals surface area contributed by atoms with Crippen LogP contribution in [0.4, 0.5) is 0 Å². The normalized spacial score (nSPS) is 12.8. The molecule has 0 amide bonds. The Labute approximate surface area is 105 Å². The predicted octanol–water partition coefficient (Wildman–Crippen LogP) is 1.78. The van der Waals surface area contributed by atoms with E-state index < -0.39 is 0 Å². The average Bonchev–Trinajstić information content (AvgIpc) is 2.29. The first-order valence-corrected chi connectivity index (χ1v) is 6.66. The van der Waals surface area contributed by atoms with Crippen molar-refractivity contribution in [1.82, 2.24) is 4.90 Å². The Morgan fingerprint density at radius 3 is 2.47 bits per heavy atom. The lowest BCUT2D eigenvalue weighted by Gasteiger charge is -2.22. The predicted molar refractivity (Wildman–Crippen MR) is 70.9 cm³/mol. The molecule has 0 heterocycles. The van der Waals surface area contributed by atoms with Crippen LogP contribution in [0.1, 0.15) is 45.4 Å². The molecule has 0 aliphatic heterocycles. The van der Waals surface area contributed by atoms with Crippen molar-refractivity contribution in [3.05, 3.63) is 0 Å².